The molecule has 0 aliphatic rings. The first kappa shape index (κ1) is 13.5. The number of carbonyl (C=O) groups excluding carboxylic acids is 1. The maximum Gasteiger partial charge on any atom is 0.350 e. The molecule has 0 aliphatic heterocycles. The Morgan fingerprint density at radius 3 is 3.00 bits per heavy atom. The van der Waals surface area contributed by atoms with Crippen molar-refractivity contribution in [1.82, 2.24) is 19.7 Å². The van der Waals surface area contributed by atoms with Gasteiger partial charge in [0.2, 0.25) is 0 Å². The van der Waals surface area contributed by atoms with Gasteiger partial charge in [0.25, 0.3) is 0 Å². The number of thiazole rings is 1. The third kappa shape index (κ3) is 3.28. The van der Waals surface area contributed by atoms with E-state index in [0.717, 1.165) is 5.82 Å². The molecule has 102 valence electrons. The number of hydrogen-bond acceptors (Lipinski definition) is 7. The highest BCUT2D eigenvalue weighted by Crippen LogP contribution is 2.22. The molecule has 0 saturated carbocycles. The van der Waals surface area contributed by atoms with Crippen LogP contribution in [-0.4, -0.2) is 39.4 Å². The highest BCUT2D eigenvalue weighted by Gasteiger charge is 2.15. The first-order valence-electron chi connectivity index (χ1n) is 5.74. The molecular formula is C11H15N5O2S. The maximum atomic E-state index is 11.4. The van der Waals surface area contributed by atoms with Crippen LogP contribution in [-0.2, 0) is 18.2 Å². The molecule has 2 aromatic heterocycles. The highest BCUT2D eigenvalue weighted by atomic mass is 32.1. The van der Waals surface area contributed by atoms with E-state index in [2.05, 4.69) is 25.1 Å². The molecule has 2 rings (SSSR count). The first-order chi connectivity index (χ1) is 9.10. The first-order valence-corrected chi connectivity index (χ1v) is 6.56. The van der Waals surface area contributed by atoms with Gasteiger partial charge < -0.3 is 10.1 Å². The fourth-order valence-electron chi connectivity index (χ4n) is 1.53. The van der Waals surface area contributed by atoms with Crippen molar-refractivity contribution in [1.29, 1.82) is 0 Å². The standard InChI is InChI=1S/C11H15N5O2S/c1-7-9(10(17)18-3)19-11(14-7)12-5-4-8-13-6-16(2)15-8/h6H,4-5H2,1-3H3,(H,12,14). The van der Waals surface area contributed by atoms with Gasteiger partial charge in [-0.3, -0.25) is 4.68 Å². The molecule has 0 spiro atoms. The molecule has 0 atom stereocenters. The van der Waals surface area contributed by atoms with Gasteiger partial charge in [0.05, 0.1) is 12.8 Å². The average Bonchev–Trinajstić information content (AvgIpc) is 2.95. The molecule has 0 amide bonds. The van der Waals surface area contributed by atoms with Crippen LogP contribution in [0.2, 0.25) is 0 Å². The monoisotopic (exact) mass is 281 g/mol. The lowest BCUT2D eigenvalue weighted by molar-refractivity contribution is 0.0605. The van der Waals surface area contributed by atoms with Crippen molar-refractivity contribution in [2.24, 2.45) is 7.05 Å². The SMILES string of the molecule is COC(=O)c1sc(NCCc2ncn(C)n2)nc1C. The van der Waals surface area contributed by atoms with Crippen LogP contribution in [0.5, 0.6) is 0 Å². The van der Waals surface area contributed by atoms with Crippen LogP contribution in [0.15, 0.2) is 6.33 Å². The Bertz CT molecular complexity index is 577. The second-order valence-corrected chi connectivity index (χ2v) is 4.94. The van der Waals surface area contributed by atoms with Gasteiger partial charge in [0.15, 0.2) is 11.0 Å². The van der Waals surface area contributed by atoms with Crippen molar-refractivity contribution < 1.29 is 9.53 Å². The number of anilines is 1. The summed E-state index contributed by atoms with van der Waals surface area (Å²) in [6, 6.07) is 0. The number of carbonyl (C=O) groups is 1. The molecule has 0 aromatic carbocycles. The normalized spacial score (nSPS) is 10.5. The summed E-state index contributed by atoms with van der Waals surface area (Å²) in [4.78, 5) is 20.4. The van der Waals surface area contributed by atoms with Gasteiger partial charge in [-0.25, -0.2) is 14.8 Å². The number of nitrogens with one attached hydrogen (secondary N) is 1. The van der Waals surface area contributed by atoms with Crippen LogP contribution >= 0.6 is 11.3 Å². The van der Waals surface area contributed by atoms with Gasteiger partial charge >= 0.3 is 5.97 Å². The number of methoxy groups -OCH3 is 1. The molecule has 0 radical (unpaired) electrons. The van der Waals surface area contributed by atoms with E-state index >= 15 is 0 Å². The highest BCUT2D eigenvalue weighted by molar-refractivity contribution is 7.17. The Kier molecular flexibility index (Phi) is 4.10. The number of ether oxygens (including phenoxy) is 1. The molecule has 0 bridgehead atoms. The minimum atomic E-state index is -0.352. The molecule has 0 unspecified atom stereocenters. The lowest BCUT2D eigenvalue weighted by Crippen LogP contribution is -2.06. The zero-order valence-electron chi connectivity index (χ0n) is 11.0. The topological polar surface area (TPSA) is 81.9 Å². The van der Waals surface area contributed by atoms with Gasteiger partial charge in [0.1, 0.15) is 11.2 Å². The Morgan fingerprint density at radius 1 is 1.58 bits per heavy atom. The summed E-state index contributed by atoms with van der Waals surface area (Å²) in [6.45, 7) is 2.45. The molecule has 0 saturated heterocycles. The minimum Gasteiger partial charge on any atom is -0.465 e. The van der Waals surface area contributed by atoms with E-state index in [-0.39, 0.29) is 5.97 Å². The summed E-state index contributed by atoms with van der Waals surface area (Å²) in [7, 11) is 3.19. The van der Waals surface area contributed by atoms with Gasteiger partial charge in [0, 0.05) is 20.0 Å². The van der Waals surface area contributed by atoms with Crippen LogP contribution < -0.4 is 5.32 Å². The summed E-state index contributed by atoms with van der Waals surface area (Å²) in [5.41, 5.74) is 0.676. The van der Waals surface area contributed by atoms with Gasteiger partial charge in [-0.1, -0.05) is 11.3 Å². The van der Waals surface area contributed by atoms with E-state index in [1.165, 1.54) is 18.4 Å². The second-order valence-electron chi connectivity index (χ2n) is 3.94. The number of aryl methyl sites for hydroxylation is 2. The zero-order chi connectivity index (χ0) is 13.8. The van der Waals surface area contributed by atoms with Crippen LogP contribution in [0.3, 0.4) is 0 Å². The minimum absolute atomic E-state index is 0.352. The maximum absolute atomic E-state index is 11.4. The fourth-order valence-corrected chi connectivity index (χ4v) is 2.44. The summed E-state index contributed by atoms with van der Waals surface area (Å²) in [5.74, 6) is 0.422. The predicted molar refractivity (Wildman–Crippen MR) is 71.4 cm³/mol. The van der Waals surface area contributed by atoms with Crippen molar-refractivity contribution >= 4 is 22.4 Å². The molecule has 2 aromatic rings. The van der Waals surface area contributed by atoms with E-state index in [4.69, 9.17) is 0 Å². The Morgan fingerprint density at radius 2 is 2.37 bits per heavy atom. The van der Waals surface area contributed by atoms with Crippen LogP contribution in [0.1, 0.15) is 21.2 Å². The Labute approximate surface area is 114 Å². The van der Waals surface area contributed by atoms with E-state index in [1.807, 2.05) is 7.05 Å². The molecule has 19 heavy (non-hydrogen) atoms. The van der Waals surface area contributed by atoms with Gasteiger partial charge in [-0.05, 0) is 6.92 Å². The van der Waals surface area contributed by atoms with E-state index in [1.54, 1.807) is 17.9 Å². The van der Waals surface area contributed by atoms with Crippen LogP contribution in [0.4, 0.5) is 5.13 Å². The Balaban J connectivity index is 1.91. The van der Waals surface area contributed by atoms with E-state index in [9.17, 15) is 4.79 Å². The van der Waals surface area contributed by atoms with Crippen LogP contribution in [0, 0.1) is 6.92 Å². The largest absolute Gasteiger partial charge is 0.465 e. The quantitative estimate of drug-likeness (QED) is 0.824. The number of esters is 1. The molecule has 0 aliphatic carbocycles. The van der Waals surface area contributed by atoms with Crippen molar-refractivity contribution in [3.05, 3.63) is 22.7 Å². The average molecular weight is 281 g/mol. The summed E-state index contributed by atoms with van der Waals surface area (Å²) in [5, 5.41) is 8.04. The molecule has 1 N–H and O–H groups in total. The summed E-state index contributed by atoms with van der Waals surface area (Å²) >= 11 is 1.29. The van der Waals surface area contributed by atoms with Gasteiger partial charge in [-0.2, -0.15) is 5.10 Å². The summed E-state index contributed by atoms with van der Waals surface area (Å²) in [6.07, 6.45) is 2.37. The molecular weight excluding hydrogens is 266 g/mol. The molecule has 0 fully saturated rings. The number of rotatable bonds is 5. The number of aromatic nitrogens is 4. The Hall–Kier alpha value is -1.96. The lowest BCUT2D eigenvalue weighted by Gasteiger charge is -1.98. The van der Waals surface area contributed by atoms with E-state index in [0.29, 0.717) is 28.7 Å². The molecule has 7 nitrogen and oxygen atoms in total. The molecule has 2 heterocycles. The second kappa shape index (κ2) is 5.79. The lowest BCUT2D eigenvalue weighted by atomic mass is 10.4. The third-order valence-corrected chi connectivity index (χ3v) is 3.53. The van der Waals surface area contributed by atoms with Crippen molar-refractivity contribution in [3.8, 4) is 0 Å². The van der Waals surface area contributed by atoms with E-state index < -0.39 is 0 Å². The smallest absolute Gasteiger partial charge is 0.350 e. The fraction of sp³-hybridized carbons (Fsp3) is 0.455. The molecule has 8 heteroatoms. The predicted octanol–water partition coefficient (Wildman–Crippen LogP) is 1.02. The van der Waals surface area contributed by atoms with Crippen molar-refractivity contribution in [2.75, 3.05) is 19.0 Å². The van der Waals surface area contributed by atoms with Crippen LogP contribution in [0.25, 0.3) is 0 Å². The van der Waals surface area contributed by atoms with Crippen molar-refractivity contribution in [2.45, 2.75) is 13.3 Å². The number of hydrogen-bond donors (Lipinski definition) is 1. The van der Waals surface area contributed by atoms with Gasteiger partial charge in [-0.15, -0.1) is 0 Å². The third-order valence-electron chi connectivity index (χ3n) is 2.44. The van der Waals surface area contributed by atoms with Crippen molar-refractivity contribution in [3.63, 3.8) is 0 Å². The summed E-state index contributed by atoms with van der Waals surface area (Å²) < 4.78 is 6.35. The number of nitrogens with zero attached hydrogens (tertiary/aromatic N) is 4. The zero-order valence-corrected chi connectivity index (χ0v) is 11.8.